The summed E-state index contributed by atoms with van der Waals surface area (Å²) in [6.45, 7) is 2.03. The molecule has 1 aromatic carbocycles. The molecule has 1 aromatic rings. The van der Waals surface area contributed by atoms with Gasteiger partial charge in [-0.15, -0.1) is 0 Å². The first-order valence-corrected chi connectivity index (χ1v) is 7.55. The lowest BCUT2D eigenvalue weighted by molar-refractivity contribution is 0.172. The lowest BCUT2D eigenvalue weighted by Gasteiger charge is -2.16. The zero-order chi connectivity index (χ0) is 15.2. The highest BCUT2D eigenvalue weighted by atomic mass is 35.5. The second kappa shape index (κ2) is 7.84. The molecule has 1 aliphatic rings. The molecule has 116 valence electrons. The molecule has 2 amide bonds. The third-order valence-electron chi connectivity index (χ3n) is 3.36. The molecule has 1 aliphatic heterocycles. The van der Waals surface area contributed by atoms with E-state index in [1.165, 1.54) is 0 Å². The van der Waals surface area contributed by atoms with Gasteiger partial charge in [-0.2, -0.15) is 0 Å². The van der Waals surface area contributed by atoms with Crippen molar-refractivity contribution in [3.8, 4) is 0 Å². The Bertz CT molecular complexity index is 473. The van der Waals surface area contributed by atoms with E-state index in [0.717, 1.165) is 13.0 Å². The standard InChI is InChI=1S/C14H18Cl2N2O3/c15-10-2-1-3-11(16)13(10)12(19)7-18-14(20)17-6-9-4-5-21-8-9/h1-3,9,12,19H,4-8H2,(H2,17,18,20)/t9-,12+/m0/s1. The maximum Gasteiger partial charge on any atom is 0.314 e. The molecule has 0 aliphatic carbocycles. The lowest BCUT2D eigenvalue weighted by atomic mass is 10.1. The summed E-state index contributed by atoms with van der Waals surface area (Å²) in [6, 6.07) is 4.66. The molecule has 2 atom stereocenters. The molecule has 5 nitrogen and oxygen atoms in total. The van der Waals surface area contributed by atoms with Gasteiger partial charge in [0.25, 0.3) is 0 Å². The molecule has 1 heterocycles. The van der Waals surface area contributed by atoms with Gasteiger partial charge in [-0.3, -0.25) is 0 Å². The Labute approximate surface area is 133 Å². The number of aliphatic hydroxyl groups excluding tert-OH is 1. The van der Waals surface area contributed by atoms with Gasteiger partial charge in [-0.25, -0.2) is 4.79 Å². The Hall–Kier alpha value is -1.01. The first-order chi connectivity index (χ1) is 10.1. The first-order valence-electron chi connectivity index (χ1n) is 6.79. The summed E-state index contributed by atoms with van der Waals surface area (Å²) in [7, 11) is 0. The van der Waals surface area contributed by atoms with E-state index in [0.29, 0.717) is 34.7 Å². The SMILES string of the molecule is O=C(NC[C@@H]1CCOC1)NC[C@@H](O)c1c(Cl)cccc1Cl. The summed E-state index contributed by atoms with van der Waals surface area (Å²) < 4.78 is 5.23. The third kappa shape index (κ3) is 4.74. The van der Waals surface area contributed by atoms with Crippen molar-refractivity contribution in [3.63, 3.8) is 0 Å². The number of halogens is 2. The van der Waals surface area contributed by atoms with Crippen LogP contribution in [-0.2, 0) is 4.74 Å². The molecule has 1 saturated heterocycles. The fourth-order valence-electron chi connectivity index (χ4n) is 2.16. The van der Waals surface area contributed by atoms with Gasteiger partial charge < -0.3 is 20.5 Å². The van der Waals surface area contributed by atoms with Crippen LogP contribution in [0.4, 0.5) is 4.79 Å². The van der Waals surface area contributed by atoms with Crippen molar-refractivity contribution in [2.24, 2.45) is 5.92 Å². The number of aliphatic hydroxyl groups is 1. The van der Waals surface area contributed by atoms with Gasteiger partial charge >= 0.3 is 6.03 Å². The molecule has 0 spiro atoms. The Morgan fingerprint density at radius 3 is 2.71 bits per heavy atom. The van der Waals surface area contributed by atoms with Crippen LogP contribution in [0.15, 0.2) is 18.2 Å². The van der Waals surface area contributed by atoms with Crippen molar-refractivity contribution in [2.75, 3.05) is 26.3 Å². The van der Waals surface area contributed by atoms with Crippen molar-refractivity contribution in [1.29, 1.82) is 0 Å². The van der Waals surface area contributed by atoms with Crippen LogP contribution in [0.5, 0.6) is 0 Å². The van der Waals surface area contributed by atoms with E-state index < -0.39 is 6.10 Å². The molecule has 0 aromatic heterocycles. The summed E-state index contributed by atoms with van der Waals surface area (Å²) in [4.78, 5) is 11.7. The first kappa shape index (κ1) is 16.4. The number of hydrogen-bond donors (Lipinski definition) is 3. The molecule has 21 heavy (non-hydrogen) atoms. The fourth-order valence-corrected chi connectivity index (χ4v) is 2.81. The number of urea groups is 1. The quantitative estimate of drug-likeness (QED) is 0.775. The Morgan fingerprint density at radius 1 is 1.38 bits per heavy atom. The monoisotopic (exact) mass is 332 g/mol. The summed E-state index contributed by atoms with van der Waals surface area (Å²) in [6.07, 6.45) is 0.00441. The Kier molecular flexibility index (Phi) is 6.11. The van der Waals surface area contributed by atoms with Gasteiger partial charge in [0.1, 0.15) is 0 Å². The number of hydrogen-bond acceptors (Lipinski definition) is 3. The van der Waals surface area contributed by atoms with Crippen LogP contribution in [-0.4, -0.2) is 37.4 Å². The minimum absolute atomic E-state index is 0.0381. The molecule has 0 saturated carbocycles. The van der Waals surface area contributed by atoms with Crippen LogP contribution < -0.4 is 10.6 Å². The molecule has 0 bridgehead atoms. The number of carbonyl (C=O) groups is 1. The summed E-state index contributed by atoms with van der Waals surface area (Å²) in [5.74, 6) is 0.360. The van der Waals surface area contributed by atoms with Crippen molar-refractivity contribution in [1.82, 2.24) is 10.6 Å². The number of rotatable bonds is 5. The maximum absolute atomic E-state index is 11.7. The number of carbonyl (C=O) groups excluding carboxylic acids is 1. The Balaban J connectivity index is 1.77. The minimum atomic E-state index is -0.952. The van der Waals surface area contributed by atoms with Gasteiger partial charge in [-0.1, -0.05) is 29.3 Å². The lowest BCUT2D eigenvalue weighted by Crippen LogP contribution is -2.40. The zero-order valence-electron chi connectivity index (χ0n) is 11.4. The van der Waals surface area contributed by atoms with Crippen LogP contribution in [0.1, 0.15) is 18.1 Å². The van der Waals surface area contributed by atoms with Crippen molar-refractivity contribution in [3.05, 3.63) is 33.8 Å². The number of amides is 2. The summed E-state index contributed by atoms with van der Waals surface area (Å²) >= 11 is 12.0. The van der Waals surface area contributed by atoms with Crippen LogP contribution in [0.2, 0.25) is 10.0 Å². The molecule has 2 rings (SSSR count). The van der Waals surface area contributed by atoms with Crippen LogP contribution in [0, 0.1) is 5.92 Å². The summed E-state index contributed by atoms with van der Waals surface area (Å²) in [5, 5.41) is 16.2. The van der Waals surface area contributed by atoms with E-state index in [1.807, 2.05) is 0 Å². The molecule has 0 radical (unpaired) electrons. The Morgan fingerprint density at radius 2 is 2.10 bits per heavy atom. The highest BCUT2D eigenvalue weighted by Crippen LogP contribution is 2.29. The van der Waals surface area contributed by atoms with Gasteiger partial charge in [0.2, 0.25) is 0 Å². The van der Waals surface area contributed by atoms with Gasteiger partial charge in [0, 0.05) is 41.2 Å². The summed E-state index contributed by atoms with van der Waals surface area (Å²) in [5.41, 5.74) is 0.422. The predicted molar refractivity (Wildman–Crippen MR) is 81.7 cm³/mol. The molecular weight excluding hydrogens is 315 g/mol. The molecular formula is C14H18Cl2N2O3. The van der Waals surface area contributed by atoms with Crippen LogP contribution >= 0.6 is 23.2 Å². The van der Waals surface area contributed by atoms with Crippen molar-refractivity contribution < 1.29 is 14.6 Å². The zero-order valence-corrected chi connectivity index (χ0v) is 13.0. The number of nitrogens with one attached hydrogen (secondary N) is 2. The van der Waals surface area contributed by atoms with E-state index in [2.05, 4.69) is 10.6 Å². The van der Waals surface area contributed by atoms with E-state index in [4.69, 9.17) is 27.9 Å². The third-order valence-corrected chi connectivity index (χ3v) is 4.02. The van der Waals surface area contributed by atoms with E-state index in [9.17, 15) is 9.90 Å². The largest absolute Gasteiger partial charge is 0.386 e. The molecule has 7 heteroatoms. The average molecular weight is 333 g/mol. The van der Waals surface area contributed by atoms with E-state index in [1.54, 1.807) is 18.2 Å². The molecule has 1 fully saturated rings. The molecule has 3 N–H and O–H groups in total. The van der Waals surface area contributed by atoms with Gasteiger partial charge in [0.15, 0.2) is 0 Å². The average Bonchev–Trinajstić information content (AvgIpc) is 2.96. The smallest absolute Gasteiger partial charge is 0.314 e. The van der Waals surface area contributed by atoms with E-state index in [-0.39, 0.29) is 12.6 Å². The van der Waals surface area contributed by atoms with Gasteiger partial charge in [0.05, 0.1) is 12.7 Å². The van der Waals surface area contributed by atoms with Crippen molar-refractivity contribution >= 4 is 29.2 Å². The second-order valence-electron chi connectivity index (χ2n) is 4.97. The minimum Gasteiger partial charge on any atom is -0.386 e. The van der Waals surface area contributed by atoms with Crippen molar-refractivity contribution in [2.45, 2.75) is 12.5 Å². The highest BCUT2D eigenvalue weighted by Gasteiger charge is 2.18. The second-order valence-corrected chi connectivity index (χ2v) is 5.79. The van der Waals surface area contributed by atoms with E-state index >= 15 is 0 Å². The topological polar surface area (TPSA) is 70.6 Å². The fraction of sp³-hybridized carbons (Fsp3) is 0.500. The maximum atomic E-state index is 11.7. The van der Waals surface area contributed by atoms with Crippen LogP contribution in [0.3, 0.4) is 0 Å². The van der Waals surface area contributed by atoms with Gasteiger partial charge in [-0.05, 0) is 18.6 Å². The predicted octanol–water partition coefficient (Wildman–Crippen LogP) is 2.36. The number of ether oxygens (including phenoxy) is 1. The highest BCUT2D eigenvalue weighted by molar-refractivity contribution is 6.36. The van der Waals surface area contributed by atoms with Crippen LogP contribution in [0.25, 0.3) is 0 Å². The molecule has 0 unspecified atom stereocenters. The number of benzene rings is 1. The normalized spacial score (nSPS) is 19.3.